The molecular formula is C20H20BrF2N3O2. The lowest BCUT2D eigenvalue weighted by atomic mass is 10.1. The Hall–Kier alpha value is -2.48. The van der Waals surface area contributed by atoms with Crippen molar-refractivity contribution in [3.8, 4) is 5.69 Å². The number of hydrogen-bond donors (Lipinski definition) is 1. The van der Waals surface area contributed by atoms with Gasteiger partial charge in [0, 0.05) is 23.1 Å². The molecule has 0 atom stereocenters. The van der Waals surface area contributed by atoms with Gasteiger partial charge in [0.05, 0.1) is 23.9 Å². The molecule has 0 spiro atoms. The number of benzene rings is 2. The highest BCUT2D eigenvalue weighted by molar-refractivity contribution is 9.10. The van der Waals surface area contributed by atoms with Gasteiger partial charge in [-0.15, -0.1) is 0 Å². The summed E-state index contributed by atoms with van der Waals surface area (Å²) in [4.78, 5) is 16.3. The van der Waals surface area contributed by atoms with Gasteiger partial charge in [-0.2, -0.15) is 0 Å². The predicted octanol–water partition coefficient (Wildman–Crippen LogP) is 5.34. The van der Waals surface area contributed by atoms with E-state index in [1.54, 1.807) is 12.4 Å². The van der Waals surface area contributed by atoms with Gasteiger partial charge in [-0.25, -0.2) is 18.6 Å². The normalized spacial score (nSPS) is 11.6. The third-order valence-electron chi connectivity index (χ3n) is 4.39. The van der Waals surface area contributed by atoms with Gasteiger partial charge in [0.15, 0.2) is 0 Å². The van der Waals surface area contributed by atoms with Gasteiger partial charge in [0.25, 0.3) is 0 Å². The number of carbonyl (C=O) groups is 1. The van der Waals surface area contributed by atoms with Crippen molar-refractivity contribution < 1.29 is 18.3 Å². The van der Waals surface area contributed by atoms with Crippen LogP contribution in [-0.2, 0) is 4.74 Å². The molecule has 5 nitrogen and oxygen atoms in total. The molecule has 0 saturated carbocycles. The fourth-order valence-electron chi connectivity index (χ4n) is 2.98. The third kappa shape index (κ3) is 4.32. The van der Waals surface area contributed by atoms with E-state index in [4.69, 9.17) is 4.74 Å². The first-order valence-corrected chi connectivity index (χ1v) is 9.46. The number of carbonyl (C=O) groups excluding carboxylic acids is 1. The number of hydrogen-bond acceptors (Lipinski definition) is 4. The summed E-state index contributed by atoms with van der Waals surface area (Å²) in [6.07, 6.45) is 1.40. The molecule has 1 heterocycles. The van der Waals surface area contributed by atoms with Crippen molar-refractivity contribution in [2.24, 2.45) is 0 Å². The molecule has 0 aliphatic rings. The van der Waals surface area contributed by atoms with E-state index in [1.807, 2.05) is 35.8 Å². The number of alkyl halides is 2. The van der Waals surface area contributed by atoms with E-state index < -0.39 is 5.92 Å². The maximum atomic E-state index is 13.1. The van der Waals surface area contributed by atoms with Crippen LogP contribution in [0.25, 0.3) is 16.7 Å². The molecule has 148 valence electrons. The van der Waals surface area contributed by atoms with Crippen molar-refractivity contribution in [3.05, 3.63) is 52.3 Å². The number of nitrogens with one attached hydrogen (secondary N) is 1. The molecule has 2 aromatic carbocycles. The van der Waals surface area contributed by atoms with Crippen LogP contribution in [0.4, 0.5) is 14.5 Å². The number of halogens is 3. The number of ether oxygens (including phenoxy) is 1. The quantitative estimate of drug-likeness (QED) is 0.513. The zero-order chi connectivity index (χ0) is 20.5. The van der Waals surface area contributed by atoms with Gasteiger partial charge >= 0.3 is 5.97 Å². The van der Waals surface area contributed by atoms with Crippen molar-refractivity contribution in [3.63, 3.8) is 0 Å². The Kier molecular flexibility index (Phi) is 5.69. The number of rotatable bonds is 6. The lowest BCUT2D eigenvalue weighted by molar-refractivity contribution is 0.0167. The summed E-state index contributed by atoms with van der Waals surface area (Å²) in [5.74, 6) is -3.11. The molecule has 0 aliphatic heterocycles. The monoisotopic (exact) mass is 451 g/mol. The Morgan fingerprint density at radius 3 is 2.71 bits per heavy atom. The molecule has 8 heteroatoms. The van der Waals surface area contributed by atoms with Gasteiger partial charge in [0.2, 0.25) is 5.92 Å². The van der Waals surface area contributed by atoms with Crippen LogP contribution in [0.3, 0.4) is 0 Å². The van der Waals surface area contributed by atoms with Crippen LogP contribution >= 0.6 is 15.9 Å². The van der Waals surface area contributed by atoms with Crippen LogP contribution in [0, 0.1) is 6.92 Å². The fourth-order valence-corrected chi connectivity index (χ4v) is 3.42. The number of imidazole rings is 1. The Balaban J connectivity index is 1.98. The summed E-state index contributed by atoms with van der Waals surface area (Å²) < 4.78 is 33.7. The summed E-state index contributed by atoms with van der Waals surface area (Å²) in [5.41, 5.74) is 4.28. The zero-order valence-corrected chi connectivity index (χ0v) is 17.3. The minimum atomic E-state index is -2.73. The van der Waals surface area contributed by atoms with E-state index in [1.165, 1.54) is 7.11 Å². The SMILES string of the molecule is COC(=O)c1ccc(-n2cnc3c(NCCC(C)(F)F)cc(Br)cc32)cc1C. The summed E-state index contributed by atoms with van der Waals surface area (Å²) >= 11 is 3.47. The second-order valence-corrected chi connectivity index (χ2v) is 7.59. The second-order valence-electron chi connectivity index (χ2n) is 6.67. The molecule has 0 saturated heterocycles. The first-order valence-electron chi connectivity index (χ1n) is 8.67. The highest BCUT2D eigenvalue weighted by Gasteiger charge is 2.20. The second kappa shape index (κ2) is 7.87. The average Bonchev–Trinajstić information content (AvgIpc) is 3.03. The minimum absolute atomic E-state index is 0.134. The number of anilines is 1. The van der Waals surface area contributed by atoms with Gasteiger partial charge in [-0.3, -0.25) is 4.57 Å². The van der Waals surface area contributed by atoms with Crippen LogP contribution in [-0.4, -0.2) is 35.1 Å². The van der Waals surface area contributed by atoms with Crippen molar-refractivity contribution in [2.75, 3.05) is 19.0 Å². The minimum Gasteiger partial charge on any atom is -0.465 e. The zero-order valence-electron chi connectivity index (χ0n) is 15.7. The number of nitrogens with zero attached hydrogens (tertiary/aromatic N) is 2. The molecule has 28 heavy (non-hydrogen) atoms. The van der Waals surface area contributed by atoms with E-state index in [0.29, 0.717) is 16.8 Å². The van der Waals surface area contributed by atoms with E-state index in [2.05, 4.69) is 26.2 Å². The maximum absolute atomic E-state index is 13.1. The van der Waals surface area contributed by atoms with Crippen LogP contribution in [0.5, 0.6) is 0 Å². The lowest BCUT2D eigenvalue weighted by Gasteiger charge is -2.13. The Labute approximate surface area is 169 Å². The number of methoxy groups -OCH3 is 1. The largest absolute Gasteiger partial charge is 0.465 e. The Morgan fingerprint density at radius 2 is 2.07 bits per heavy atom. The number of aryl methyl sites for hydroxylation is 1. The van der Waals surface area contributed by atoms with E-state index in [0.717, 1.165) is 28.2 Å². The molecule has 1 N–H and O–H groups in total. The maximum Gasteiger partial charge on any atom is 0.338 e. The average molecular weight is 452 g/mol. The van der Waals surface area contributed by atoms with Crippen molar-refractivity contribution in [2.45, 2.75) is 26.2 Å². The Bertz CT molecular complexity index is 1030. The first kappa shape index (κ1) is 20.3. The summed E-state index contributed by atoms with van der Waals surface area (Å²) in [5, 5.41) is 3.05. The molecule has 1 aromatic heterocycles. The molecule has 3 aromatic rings. The first-order chi connectivity index (χ1) is 13.2. The van der Waals surface area contributed by atoms with E-state index >= 15 is 0 Å². The van der Waals surface area contributed by atoms with Crippen LogP contribution in [0.1, 0.15) is 29.3 Å². The predicted molar refractivity (Wildman–Crippen MR) is 109 cm³/mol. The van der Waals surface area contributed by atoms with Gasteiger partial charge in [-0.05, 0) is 49.7 Å². The molecule has 0 bridgehead atoms. The summed E-state index contributed by atoms with van der Waals surface area (Å²) in [6.45, 7) is 2.87. The van der Waals surface area contributed by atoms with Crippen LogP contribution < -0.4 is 5.32 Å². The standard InChI is InChI=1S/C20H20BrF2N3O2/c1-12-8-14(4-5-15(12)19(27)28-3)26-11-25-18-16(9-13(21)10-17(18)26)24-7-6-20(2,22)23/h4-5,8-11,24H,6-7H2,1-3H3. The number of fused-ring (bicyclic) bond motifs is 1. The molecule has 0 unspecified atom stereocenters. The highest BCUT2D eigenvalue weighted by Crippen LogP contribution is 2.30. The topological polar surface area (TPSA) is 56.2 Å². The van der Waals surface area contributed by atoms with Gasteiger partial charge in [-0.1, -0.05) is 15.9 Å². The number of aromatic nitrogens is 2. The molecule has 0 aliphatic carbocycles. The van der Waals surface area contributed by atoms with Gasteiger partial charge < -0.3 is 10.1 Å². The van der Waals surface area contributed by atoms with Gasteiger partial charge in [0.1, 0.15) is 11.8 Å². The molecule has 3 rings (SSSR count). The Morgan fingerprint density at radius 1 is 1.32 bits per heavy atom. The van der Waals surface area contributed by atoms with Crippen molar-refractivity contribution >= 4 is 38.6 Å². The van der Waals surface area contributed by atoms with E-state index in [-0.39, 0.29) is 18.9 Å². The highest BCUT2D eigenvalue weighted by atomic mass is 79.9. The van der Waals surface area contributed by atoms with E-state index in [9.17, 15) is 13.6 Å². The molecule has 0 radical (unpaired) electrons. The summed E-state index contributed by atoms with van der Waals surface area (Å²) in [6, 6.07) is 9.12. The number of esters is 1. The van der Waals surface area contributed by atoms with Crippen molar-refractivity contribution in [1.82, 2.24) is 9.55 Å². The fraction of sp³-hybridized carbons (Fsp3) is 0.300. The molecule has 0 amide bonds. The molecule has 0 fully saturated rings. The van der Waals surface area contributed by atoms with Crippen molar-refractivity contribution in [1.29, 1.82) is 0 Å². The molecular weight excluding hydrogens is 432 g/mol. The van der Waals surface area contributed by atoms with Crippen LogP contribution in [0.2, 0.25) is 0 Å². The lowest BCUT2D eigenvalue weighted by Crippen LogP contribution is -2.16. The van der Waals surface area contributed by atoms with Crippen LogP contribution in [0.15, 0.2) is 41.1 Å². The third-order valence-corrected chi connectivity index (χ3v) is 4.85. The smallest absolute Gasteiger partial charge is 0.338 e. The summed E-state index contributed by atoms with van der Waals surface area (Å²) in [7, 11) is 1.35.